The molecule has 0 rings (SSSR count). The molecule has 0 aliphatic heterocycles. The fourth-order valence-corrected chi connectivity index (χ4v) is 10.7. The Morgan fingerprint density at radius 3 is 1.67 bits per heavy atom. The third kappa shape index (κ3) is 6.80. The second-order valence-electron chi connectivity index (χ2n) is 4.06. The third-order valence-electron chi connectivity index (χ3n) is 2.59. The fraction of sp³-hybridized carbons (Fsp3) is 1.00. The molecule has 92 valence electrons. The van der Waals surface area contributed by atoms with Gasteiger partial charge in [0.15, 0.2) is 0 Å². The minimum atomic E-state index is -2.62. The molecular formula is C12H28O2Sn. The molecule has 0 aromatic carbocycles. The Kier molecular flexibility index (Phi) is 10.4. The summed E-state index contributed by atoms with van der Waals surface area (Å²) in [4.78, 5) is 0. The molecule has 0 bridgehead atoms. The van der Waals surface area contributed by atoms with Crippen molar-refractivity contribution >= 4 is 19.2 Å². The van der Waals surface area contributed by atoms with Crippen LogP contribution in [0.4, 0.5) is 0 Å². The fourth-order valence-electron chi connectivity index (χ4n) is 1.59. The van der Waals surface area contributed by atoms with Gasteiger partial charge in [-0.25, -0.2) is 0 Å². The first kappa shape index (κ1) is 15.7. The van der Waals surface area contributed by atoms with Crippen molar-refractivity contribution < 1.29 is 6.15 Å². The van der Waals surface area contributed by atoms with Crippen molar-refractivity contribution in [1.82, 2.24) is 0 Å². The Bertz CT molecular complexity index is 118. The van der Waals surface area contributed by atoms with Crippen LogP contribution >= 0.6 is 0 Å². The standard InChI is InChI=1S/C4H9.2C3H7O.C2H5.Sn/c1-3-4-2;2*1-2-3-4;1-2;/h1,3-4H2,2H3;2*2-3H2,1H3;1H2,2H3;/q;2*-1;;+2. The van der Waals surface area contributed by atoms with Crippen molar-refractivity contribution in [2.75, 3.05) is 13.2 Å². The van der Waals surface area contributed by atoms with E-state index in [1.54, 1.807) is 0 Å². The number of hydrogen-bond acceptors (Lipinski definition) is 2. The zero-order chi connectivity index (χ0) is 11.6. The number of rotatable bonds is 10. The first-order valence-corrected chi connectivity index (χ1v) is 12.9. The van der Waals surface area contributed by atoms with Crippen molar-refractivity contribution in [2.24, 2.45) is 0 Å². The average Bonchev–Trinajstić information content (AvgIpc) is 2.29. The Hall–Kier alpha value is 0.719. The first-order chi connectivity index (χ1) is 7.24. The van der Waals surface area contributed by atoms with E-state index < -0.39 is 19.2 Å². The second-order valence-corrected chi connectivity index (χ2v) is 14.4. The van der Waals surface area contributed by atoms with E-state index in [0.29, 0.717) is 0 Å². The Balaban J connectivity index is 4.16. The monoisotopic (exact) mass is 324 g/mol. The Labute approximate surface area is 101 Å². The molecule has 0 aliphatic carbocycles. The second kappa shape index (κ2) is 9.91. The van der Waals surface area contributed by atoms with Crippen LogP contribution in [0, 0.1) is 0 Å². The average molecular weight is 323 g/mol. The molecule has 0 radical (unpaired) electrons. The molecule has 15 heavy (non-hydrogen) atoms. The van der Waals surface area contributed by atoms with Gasteiger partial charge >= 0.3 is 101 Å². The molecule has 3 heteroatoms. The molecule has 0 atom stereocenters. The Morgan fingerprint density at radius 2 is 1.33 bits per heavy atom. The molecule has 0 amide bonds. The predicted molar refractivity (Wildman–Crippen MR) is 68.4 cm³/mol. The van der Waals surface area contributed by atoms with Crippen LogP contribution in [0.15, 0.2) is 0 Å². The third-order valence-corrected chi connectivity index (χ3v) is 13.0. The summed E-state index contributed by atoms with van der Waals surface area (Å²) in [5.74, 6) is 0. The van der Waals surface area contributed by atoms with Crippen LogP contribution in [0.3, 0.4) is 0 Å². The molecule has 2 nitrogen and oxygen atoms in total. The van der Waals surface area contributed by atoms with E-state index >= 15 is 0 Å². The van der Waals surface area contributed by atoms with E-state index in [-0.39, 0.29) is 0 Å². The van der Waals surface area contributed by atoms with Crippen LogP contribution in [0.5, 0.6) is 0 Å². The molecule has 0 heterocycles. The SMILES string of the molecule is CCC[CH2][Sn]([CH2]C)([O]CCC)[O]CCC. The van der Waals surface area contributed by atoms with Gasteiger partial charge in [0.25, 0.3) is 0 Å². The molecule has 0 saturated carbocycles. The van der Waals surface area contributed by atoms with Gasteiger partial charge < -0.3 is 0 Å². The minimum absolute atomic E-state index is 0.900. The topological polar surface area (TPSA) is 18.5 Å². The van der Waals surface area contributed by atoms with Crippen LogP contribution in [0.2, 0.25) is 8.87 Å². The van der Waals surface area contributed by atoms with Gasteiger partial charge in [-0.1, -0.05) is 0 Å². The van der Waals surface area contributed by atoms with E-state index in [4.69, 9.17) is 6.15 Å². The van der Waals surface area contributed by atoms with Crippen molar-refractivity contribution in [3.8, 4) is 0 Å². The van der Waals surface area contributed by atoms with Gasteiger partial charge in [0.2, 0.25) is 0 Å². The summed E-state index contributed by atoms with van der Waals surface area (Å²) in [5.41, 5.74) is 0. The summed E-state index contributed by atoms with van der Waals surface area (Å²) in [6, 6.07) is 0. The van der Waals surface area contributed by atoms with Gasteiger partial charge in [-0.05, 0) is 0 Å². The molecule has 0 aromatic heterocycles. The van der Waals surface area contributed by atoms with E-state index in [2.05, 4.69) is 27.7 Å². The van der Waals surface area contributed by atoms with Gasteiger partial charge in [-0.2, -0.15) is 0 Å². The van der Waals surface area contributed by atoms with E-state index in [1.165, 1.54) is 17.3 Å². The van der Waals surface area contributed by atoms with E-state index in [0.717, 1.165) is 30.5 Å². The molecule has 0 aromatic rings. The van der Waals surface area contributed by atoms with Gasteiger partial charge in [0.1, 0.15) is 0 Å². The van der Waals surface area contributed by atoms with Crippen LogP contribution in [-0.2, 0) is 6.15 Å². The molecule has 0 spiro atoms. The van der Waals surface area contributed by atoms with Crippen LogP contribution in [-0.4, -0.2) is 32.4 Å². The normalized spacial score (nSPS) is 12.0. The van der Waals surface area contributed by atoms with Gasteiger partial charge in [-0.3, -0.25) is 0 Å². The zero-order valence-electron chi connectivity index (χ0n) is 11.0. The summed E-state index contributed by atoms with van der Waals surface area (Å²) in [5, 5.41) is 0. The van der Waals surface area contributed by atoms with E-state index in [1.807, 2.05) is 0 Å². The molecule has 0 unspecified atom stereocenters. The summed E-state index contributed by atoms with van der Waals surface area (Å²) < 4.78 is 14.6. The molecule has 0 saturated heterocycles. The van der Waals surface area contributed by atoms with Gasteiger partial charge in [0, 0.05) is 0 Å². The molecule has 0 fully saturated rings. The molecule has 0 aliphatic rings. The quantitative estimate of drug-likeness (QED) is 0.564. The maximum absolute atomic E-state index is 6.12. The predicted octanol–water partition coefficient (Wildman–Crippen LogP) is 4.10. The van der Waals surface area contributed by atoms with Crippen molar-refractivity contribution in [3.63, 3.8) is 0 Å². The summed E-state index contributed by atoms with van der Waals surface area (Å²) in [7, 11) is 0. The van der Waals surface area contributed by atoms with Crippen molar-refractivity contribution in [3.05, 3.63) is 0 Å². The summed E-state index contributed by atoms with van der Waals surface area (Å²) >= 11 is -2.62. The summed E-state index contributed by atoms with van der Waals surface area (Å²) in [6.07, 6.45) is 4.75. The molecule has 0 N–H and O–H groups in total. The van der Waals surface area contributed by atoms with Crippen LogP contribution in [0.25, 0.3) is 0 Å². The zero-order valence-corrected chi connectivity index (χ0v) is 13.8. The van der Waals surface area contributed by atoms with E-state index in [9.17, 15) is 0 Å². The maximum atomic E-state index is 6.12. The van der Waals surface area contributed by atoms with Gasteiger partial charge in [0.05, 0.1) is 0 Å². The number of unbranched alkanes of at least 4 members (excludes halogenated alkanes) is 1. The summed E-state index contributed by atoms with van der Waals surface area (Å²) in [6.45, 7) is 10.6. The molecular weight excluding hydrogens is 295 g/mol. The van der Waals surface area contributed by atoms with Crippen molar-refractivity contribution in [1.29, 1.82) is 0 Å². The number of hydrogen-bond donors (Lipinski definition) is 0. The Morgan fingerprint density at radius 1 is 0.800 bits per heavy atom. The van der Waals surface area contributed by atoms with Crippen LogP contribution < -0.4 is 0 Å². The van der Waals surface area contributed by atoms with Gasteiger partial charge in [-0.15, -0.1) is 0 Å². The first-order valence-electron chi connectivity index (χ1n) is 6.52. The van der Waals surface area contributed by atoms with Crippen LogP contribution in [0.1, 0.15) is 53.4 Å². The van der Waals surface area contributed by atoms with Crippen molar-refractivity contribution in [2.45, 2.75) is 62.3 Å².